The van der Waals surface area contributed by atoms with Crippen LogP contribution in [0.3, 0.4) is 0 Å². The van der Waals surface area contributed by atoms with E-state index in [-0.39, 0.29) is 35.6 Å². The lowest BCUT2D eigenvalue weighted by Gasteiger charge is -2.67. The molecule has 2 aromatic carbocycles. The lowest BCUT2D eigenvalue weighted by Crippen LogP contribution is -2.87. The molecule has 1 N–H and O–H groups in total. The number of benzene rings is 2. The summed E-state index contributed by atoms with van der Waals surface area (Å²) in [5, 5.41) is 3.67. The van der Waals surface area contributed by atoms with E-state index in [4.69, 9.17) is 0 Å². The van der Waals surface area contributed by atoms with Crippen LogP contribution in [0.15, 0.2) is 48.5 Å². The van der Waals surface area contributed by atoms with E-state index in [2.05, 4.69) is 31.3 Å². The number of hydrogen-bond donors (Lipinski definition) is 1. The summed E-state index contributed by atoms with van der Waals surface area (Å²) in [4.78, 5) is 43.0. The molecule has 30 heavy (non-hydrogen) atoms. The predicted octanol–water partition coefficient (Wildman–Crippen LogP) is 2.87. The number of anilines is 1. The molecule has 4 aliphatic rings. The molecule has 2 saturated heterocycles. The maximum atomic E-state index is 13.3. The summed E-state index contributed by atoms with van der Waals surface area (Å²) in [6.07, 6.45) is 0.879. The Morgan fingerprint density at radius 3 is 2.27 bits per heavy atom. The Morgan fingerprint density at radius 1 is 0.967 bits per heavy atom. The van der Waals surface area contributed by atoms with Gasteiger partial charge in [-0.15, -0.1) is 0 Å². The summed E-state index contributed by atoms with van der Waals surface area (Å²) in [6.45, 7) is 4.84. The Kier molecular flexibility index (Phi) is 3.37. The van der Waals surface area contributed by atoms with Crippen LogP contribution in [-0.2, 0) is 4.79 Å². The number of hydrogen-bond acceptors (Lipinski definition) is 4. The molecule has 6 nitrogen and oxygen atoms in total. The number of rotatable bonds is 2. The summed E-state index contributed by atoms with van der Waals surface area (Å²) in [5.41, 5.74) is 2.52. The minimum absolute atomic E-state index is 0.0318. The summed E-state index contributed by atoms with van der Waals surface area (Å²) < 4.78 is 0. The third kappa shape index (κ3) is 1.83. The number of fused-ring (bicyclic) bond motifs is 6. The second kappa shape index (κ2) is 5.72. The van der Waals surface area contributed by atoms with Gasteiger partial charge in [-0.2, -0.15) is 0 Å². The van der Waals surface area contributed by atoms with Crippen molar-refractivity contribution < 1.29 is 14.4 Å². The van der Waals surface area contributed by atoms with E-state index in [1.165, 1.54) is 10.5 Å². The number of nitrogens with one attached hydrogen (secondary N) is 1. The molecule has 2 fully saturated rings. The minimum Gasteiger partial charge on any atom is -0.379 e. The van der Waals surface area contributed by atoms with Crippen LogP contribution in [0.1, 0.15) is 52.5 Å². The molecule has 0 bridgehead atoms. The zero-order chi connectivity index (χ0) is 20.8. The lowest BCUT2D eigenvalue weighted by atomic mass is 9.59. The van der Waals surface area contributed by atoms with Crippen molar-refractivity contribution in [1.82, 2.24) is 9.80 Å². The highest BCUT2D eigenvalue weighted by atomic mass is 16.2. The van der Waals surface area contributed by atoms with Gasteiger partial charge in [-0.3, -0.25) is 19.3 Å². The molecule has 152 valence electrons. The first-order chi connectivity index (χ1) is 14.5. The zero-order valence-corrected chi connectivity index (χ0v) is 17.0. The number of β-lactam (4-membered cyclic amide) rings is 1. The average molecular weight is 401 g/mol. The number of piperidine rings is 1. The van der Waals surface area contributed by atoms with Crippen molar-refractivity contribution in [1.29, 1.82) is 0 Å². The highest BCUT2D eigenvalue weighted by molar-refractivity contribution is 6.23. The third-order valence-electron chi connectivity index (χ3n) is 7.65. The highest BCUT2D eigenvalue weighted by Crippen LogP contribution is 2.56. The molecule has 6 heteroatoms. The number of amides is 3. The van der Waals surface area contributed by atoms with Crippen molar-refractivity contribution in [3.05, 3.63) is 65.2 Å². The van der Waals surface area contributed by atoms with Crippen molar-refractivity contribution in [2.45, 2.75) is 43.8 Å². The van der Waals surface area contributed by atoms with Crippen LogP contribution < -0.4 is 5.32 Å². The maximum Gasteiger partial charge on any atom is 0.262 e. The molecule has 0 spiro atoms. The molecule has 3 amide bonds. The largest absolute Gasteiger partial charge is 0.379 e. The van der Waals surface area contributed by atoms with Crippen LogP contribution in [0, 0.1) is 5.92 Å². The van der Waals surface area contributed by atoms with Gasteiger partial charge in [0.05, 0.1) is 22.7 Å². The van der Waals surface area contributed by atoms with Gasteiger partial charge >= 0.3 is 0 Å². The lowest BCUT2D eigenvalue weighted by molar-refractivity contribution is -0.186. The van der Waals surface area contributed by atoms with Gasteiger partial charge in [-0.1, -0.05) is 44.2 Å². The van der Waals surface area contributed by atoms with Gasteiger partial charge in [-0.05, 0) is 36.1 Å². The van der Waals surface area contributed by atoms with Crippen molar-refractivity contribution >= 4 is 23.4 Å². The molecule has 0 radical (unpaired) electrons. The fourth-order valence-corrected chi connectivity index (χ4v) is 6.43. The molecule has 3 unspecified atom stereocenters. The summed E-state index contributed by atoms with van der Waals surface area (Å²) in [7, 11) is 0. The first kappa shape index (κ1) is 17.7. The maximum absolute atomic E-state index is 13.3. The second-order valence-electron chi connectivity index (χ2n) is 9.06. The van der Waals surface area contributed by atoms with Gasteiger partial charge < -0.3 is 10.2 Å². The molecule has 0 saturated carbocycles. The van der Waals surface area contributed by atoms with Crippen LogP contribution in [0.5, 0.6) is 0 Å². The van der Waals surface area contributed by atoms with Crippen molar-refractivity contribution in [2.75, 3.05) is 11.9 Å². The van der Waals surface area contributed by atoms with Crippen molar-refractivity contribution in [2.24, 2.45) is 5.92 Å². The predicted molar refractivity (Wildman–Crippen MR) is 111 cm³/mol. The molecule has 6 rings (SSSR count). The topological polar surface area (TPSA) is 69.7 Å². The molecule has 4 heterocycles. The van der Waals surface area contributed by atoms with E-state index in [1.54, 1.807) is 24.3 Å². The SMILES string of the molecule is CC(C)[C@@]12C3Nc4ccccc4C3CCN1C(=O)C2N1C(=O)c2ccccc2C1=O. The van der Waals surface area contributed by atoms with Gasteiger partial charge in [0.15, 0.2) is 0 Å². The molecular weight excluding hydrogens is 378 g/mol. The van der Waals surface area contributed by atoms with Gasteiger partial charge in [0.25, 0.3) is 11.8 Å². The van der Waals surface area contributed by atoms with Gasteiger partial charge in [-0.25, -0.2) is 0 Å². The van der Waals surface area contributed by atoms with Crippen LogP contribution in [-0.4, -0.2) is 51.7 Å². The zero-order valence-electron chi connectivity index (χ0n) is 17.0. The van der Waals surface area contributed by atoms with Gasteiger partial charge in [0.1, 0.15) is 6.04 Å². The standard InChI is InChI=1S/C24H23N3O3/c1-13(2)24-19-15(14-7-5-6-10-18(14)25-19)11-12-26(24)23(30)20(24)27-21(28)16-8-3-4-9-17(16)22(27)29/h3-10,13,15,19-20,25H,11-12H2,1-2H3/t15?,19?,20?,24-/m0/s1. The van der Waals surface area contributed by atoms with E-state index in [9.17, 15) is 14.4 Å². The normalized spacial score (nSPS) is 31.2. The fraction of sp³-hybridized carbons (Fsp3) is 0.375. The molecule has 2 aromatic rings. The number of para-hydroxylation sites is 1. The van der Waals surface area contributed by atoms with Gasteiger partial charge in [0, 0.05) is 18.2 Å². The van der Waals surface area contributed by atoms with Gasteiger partial charge in [0.2, 0.25) is 5.91 Å². The molecule has 4 aliphatic heterocycles. The number of imide groups is 1. The number of carbonyl (C=O) groups excluding carboxylic acids is 3. The van der Waals surface area contributed by atoms with E-state index in [0.717, 1.165) is 12.1 Å². The first-order valence-electron chi connectivity index (χ1n) is 10.6. The van der Waals surface area contributed by atoms with E-state index >= 15 is 0 Å². The Hall–Kier alpha value is -3.15. The Labute approximate surface area is 174 Å². The highest BCUT2D eigenvalue weighted by Gasteiger charge is 2.73. The van der Waals surface area contributed by atoms with Crippen molar-refractivity contribution in [3.63, 3.8) is 0 Å². The van der Waals surface area contributed by atoms with E-state index in [1.807, 2.05) is 17.0 Å². The number of nitrogens with zero attached hydrogens (tertiary/aromatic N) is 2. The quantitative estimate of drug-likeness (QED) is 0.621. The van der Waals surface area contributed by atoms with E-state index in [0.29, 0.717) is 17.7 Å². The third-order valence-corrected chi connectivity index (χ3v) is 7.65. The minimum atomic E-state index is -0.778. The van der Waals surface area contributed by atoms with E-state index < -0.39 is 11.6 Å². The summed E-state index contributed by atoms with van der Waals surface area (Å²) in [5.74, 6) is -0.503. The smallest absolute Gasteiger partial charge is 0.262 e. The average Bonchev–Trinajstić information content (AvgIpc) is 3.24. The molecule has 0 aromatic heterocycles. The second-order valence-corrected chi connectivity index (χ2v) is 9.06. The summed E-state index contributed by atoms with van der Waals surface area (Å²) >= 11 is 0. The first-order valence-corrected chi connectivity index (χ1v) is 10.6. The van der Waals surface area contributed by atoms with Crippen molar-refractivity contribution in [3.8, 4) is 0 Å². The Morgan fingerprint density at radius 2 is 1.60 bits per heavy atom. The molecular formula is C24H23N3O3. The Bertz CT molecular complexity index is 1090. The fourth-order valence-electron chi connectivity index (χ4n) is 6.43. The van der Waals surface area contributed by atoms with Crippen LogP contribution in [0.2, 0.25) is 0 Å². The molecule has 4 atom stereocenters. The molecule has 0 aliphatic carbocycles. The monoisotopic (exact) mass is 401 g/mol. The Balaban J connectivity index is 1.48. The van der Waals surface area contributed by atoms with Crippen LogP contribution >= 0.6 is 0 Å². The van der Waals surface area contributed by atoms with Crippen LogP contribution in [0.4, 0.5) is 5.69 Å². The van der Waals surface area contributed by atoms with Crippen LogP contribution in [0.25, 0.3) is 0 Å². The summed E-state index contributed by atoms with van der Waals surface area (Å²) in [6, 6.07) is 14.3. The number of carbonyl (C=O) groups is 3.